The molecule has 7 heteroatoms. The highest BCUT2D eigenvalue weighted by atomic mass is 16.5. The molecular weight excluding hydrogens is 286 g/mol. The molecule has 0 aliphatic rings. The number of nitrogens with zero attached hydrogens (tertiary/aromatic N) is 1. The van der Waals surface area contributed by atoms with Crippen molar-refractivity contribution >= 4 is 5.91 Å². The smallest absolute Gasteiger partial charge is 0.264 e. The average molecular weight is 303 g/mol. The molecule has 2 rings (SSSR count). The number of benzene rings is 1. The van der Waals surface area contributed by atoms with Gasteiger partial charge in [0.05, 0.1) is 12.7 Å². The van der Waals surface area contributed by atoms with Gasteiger partial charge in [0.25, 0.3) is 11.5 Å². The normalized spacial score (nSPS) is 11.9. The highest BCUT2D eigenvalue weighted by Crippen LogP contribution is 2.11. The fourth-order valence-electron chi connectivity index (χ4n) is 1.86. The highest BCUT2D eigenvalue weighted by molar-refractivity contribution is 5.93. The van der Waals surface area contributed by atoms with Crippen LogP contribution in [0, 0.1) is 0 Å². The number of nitrogens with one attached hydrogen (secondary N) is 2. The Labute approximate surface area is 127 Å². The second-order valence-corrected chi connectivity index (χ2v) is 4.66. The van der Waals surface area contributed by atoms with Crippen molar-refractivity contribution in [3.8, 4) is 11.4 Å². The van der Waals surface area contributed by atoms with E-state index in [-0.39, 0.29) is 18.7 Å². The molecule has 0 saturated carbocycles. The van der Waals surface area contributed by atoms with Crippen LogP contribution in [0.1, 0.15) is 10.4 Å². The molecule has 0 saturated heterocycles. The van der Waals surface area contributed by atoms with Crippen molar-refractivity contribution in [2.24, 2.45) is 0 Å². The van der Waals surface area contributed by atoms with Gasteiger partial charge in [-0.15, -0.1) is 0 Å². The third-order valence-corrected chi connectivity index (χ3v) is 2.95. The van der Waals surface area contributed by atoms with Crippen molar-refractivity contribution in [1.29, 1.82) is 0 Å². The topological polar surface area (TPSA) is 104 Å². The molecule has 0 unspecified atom stereocenters. The lowest BCUT2D eigenvalue weighted by Crippen LogP contribution is -2.37. The summed E-state index contributed by atoms with van der Waals surface area (Å²) < 4.78 is 4.75. The molecule has 1 atom stereocenters. The number of aromatic nitrogens is 2. The van der Waals surface area contributed by atoms with Crippen molar-refractivity contribution in [2.75, 3.05) is 20.3 Å². The van der Waals surface area contributed by atoms with Gasteiger partial charge in [-0.1, -0.05) is 30.3 Å². The molecule has 1 aromatic heterocycles. The number of carbonyl (C=O) groups excluding carboxylic acids is 1. The summed E-state index contributed by atoms with van der Waals surface area (Å²) >= 11 is 0. The lowest BCUT2D eigenvalue weighted by molar-refractivity contribution is 0.0609. The van der Waals surface area contributed by atoms with Crippen LogP contribution in [0.4, 0.5) is 0 Å². The van der Waals surface area contributed by atoms with E-state index in [1.165, 1.54) is 13.3 Å². The van der Waals surface area contributed by atoms with Gasteiger partial charge >= 0.3 is 0 Å². The van der Waals surface area contributed by atoms with E-state index in [4.69, 9.17) is 4.74 Å². The molecule has 0 aliphatic heterocycles. The Balaban J connectivity index is 2.10. The first kappa shape index (κ1) is 15.9. The molecular formula is C15H17N3O4. The number of carbonyl (C=O) groups is 1. The van der Waals surface area contributed by atoms with Crippen LogP contribution in [0.5, 0.6) is 0 Å². The first-order chi connectivity index (χ1) is 10.6. The minimum Gasteiger partial charge on any atom is -0.389 e. The van der Waals surface area contributed by atoms with Crippen LogP contribution in [0.15, 0.2) is 41.3 Å². The first-order valence-corrected chi connectivity index (χ1v) is 6.71. The summed E-state index contributed by atoms with van der Waals surface area (Å²) in [5, 5.41) is 11.9. The minimum absolute atomic E-state index is 0.00739. The highest BCUT2D eigenvalue weighted by Gasteiger charge is 2.13. The van der Waals surface area contributed by atoms with E-state index in [9.17, 15) is 14.7 Å². The van der Waals surface area contributed by atoms with Crippen molar-refractivity contribution in [2.45, 2.75) is 6.10 Å². The summed E-state index contributed by atoms with van der Waals surface area (Å²) in [4.78, 5) is 30.5. The number of aliphatic hydroxyl groups excluding tert-OH is 1. The van der Waals surface area contributed by atoms with Crippen molar-refractivity contribution in [3.63, 3.8) is 0 Å². The zero-order valence-electron chi connectivity index (χ0n) is 12.1. The van der Waals surface area contributed by atoms with E-state index in [1.807, 2.05) is 18.2 Å². The Morgan fingerprint density at radius 2 is 2.14 bits per heavy atom. The van der Waals surface area contributed by atoms with Crippen molar-refractivity contribution in [1.82, 2.24) is 15.3 Å². The van der Waals surface area contributed by atoms with Crippen molar-refractivity contribution in [3.05, 3.63) is 52.4 Å². The maximum absolute atomic E-state index is 12.0. The molecule has 0 spiro atoms. The quantitative estimate of drug-likeness (QED) is 0.706. The Kier molecular flexibility index (Phi) is 5.40. The van der Waals surface area contributed by atoms with E-state index in [2.05, 4.69) is 15.3 Å². The van der Waals surface area contributed by atoms with Gasteiger partial charge in [0.15, 0.2) is 0 Å². The van der Waals surface area contributed by atoms with Crippen molar-refractivity contribution < 1.29 is 14.6 Å². The van der Waals surface area contributed by atoms with Gasteiger partial charge in [-0.25, -0.2) is 4.98 Å². The minimum atomic E-state index is -0.829. The van der Waals surface area contributed by atoms with Crippen LogP contribution in [0.2, 0.25) is 0 Å². The zero-order valence-corrected chi connectivity index (χ0v) is 12.1. The number of hydrogen-bond donors (Lipinski definition) is 3. The number of amides is 1. The van der Waals surface area contributed by atoms with Crippen LogP contribution < -0.4 is 10.9 Å². The summed E-state index contributed by atoms with van der Waals surface area (Å²) in [6, 6.07) is 9.12. The molecule has 0 radical (unpaired) electrons. The summed E-state index contributed by atoms with van der Waals surface area (Å²) in [6.07, 6.45) is 0.392. The van der Waals surface area contributed by atoms with Crippen LogP contribution in [0.25, 0.3) is 11.4 Å². The molecule has 1 aromatic carbocycles. The van der Waals surface area contributed by atoms with Crippen LogP contribution >= 0.6 is 0 Å². The van der Waals surface area contributed by atoms with Crippen LogP contribution in [-0.4, -0.2) is 47.3 Å². The Morgan fingerprint density at radius 1 is 1.41 bits per heavy atom. The Morgan fingerprint density at radius 3 is 2.77 bits per heavy atom. The van der Waals surface area contributed by atoms with Gasteiger partial charge in [0, 0.05) is 25.4 Å². The van der Waals surface area contributed by atoms with Gasteiger partial charge < -0.3 is 20.1 Å². The maximum atomic E-state index is 12.0. The maximum Gasteiger partial charge on any atom is 0.264 e. The number of methoxy groups -OCH3 is 1. The lowest BCUT2D eigenvalue weighted by Gasteiger charge is -2.10. The fourth-order valence-corrected chi connectivity index (χ4v) is 1.86. The van der Waals surface area contributed by atoms with E-state index in [0.717, 1.165) is 5.56 Å². The number of hydrogen-bond acceptors (Lipinski definition) is 5. The standard InChI is InChI=1S/C15H17N3O4/c1-22-9-11(19)7-17-14(20)12-8-16-13(18-15(12)21)10-5-3-2-4-6-10/h2-6,8,11,19H,7,9H2,1H3,(H,17,20)(H,16,18,21)/t11-/m0/s1. The first-order valence-electron chi connectivity index (χ1n) is 6.71. The summed E-state index contributed by atoms with van der Waals surface area (Å²) in [5.74, 6) is -0.204. The van der Waals surface area contributed by atoms with Gasteiger partial charge in [0.1, 0.15) is 11.4 Å². The number of aromatic amines is 1. The van der Waals surface area contributed by atoms with Gasteiger partial charge in [-0.2, -0.15) is 0 Å². The predicted octanol–water partition coefficient (Wildman–Crippen LogP) is 0.174. The average Bonchev–Trinajstić information content (AvgIpc) is 2.53. The largest absolute Gasteiger partial charge is 0.389 e. The number of aliphatic hydroxyl groups is 1. The molecule has 1 amide bonds. The van der Waals surface area contributed by atoms with E-state index >= 15 is 0 Å². The summed E-state index contributed by atoms with van der Waals surface area (Å²) in [6.45, 7) is 0.0916. The monoisotopic (exact) mass is 303 g/mol. The number of ether oxygens (including phenoxy) is 1. The van der Waals surface area contributed by atoms with Crippen LogP contribution in [0.3, 0.4) is 0 Å². The SMILES string of the molecule is COC[C@@H](O)CNC(=O)c1cnc(-c2ccccc2)[nH]c1=O. The third-order valence-electron chi connectivity index (χ3n) is 2.95. The second-order valence-electron chi connectivity index (χ2n) is 4.66. The fraction of sp³-hybridized carbons (Fsp3) is 0.267. The third kappa shape index (κ3) is 4.00. The second kappa shape index (κ2) is 7.48. The molecule has 0 fully saturated rings. The van der Waals surface area contributed by atoms with Crippen LogP contribution in [-0.2, 0) is 4.74 Å². The van der Waals surface area contributed by atoms with E-state index in [1.54, 1.807) is 12.1 Å². The molecule has 7 nitrogen and oxygen atoms in total. The summed E-state index contributed by atoms with van der Waals surface area (Å²) in [5.41, 5.74) is 0.110. The Hall–Kier alpha value is -2.51. The number of H-pyrrole nitrogens is 1. The molecule has 0 aliphatic carbocycles. The van der Waals surface area contributed by atoms with E-state index < -0.39 is 17.6 Å². The molecule has 3 N–H and O–H groups in total. The van der Waals surface area contributed by atoms with Gasteiger partial charge in [-0.3, -0.25) is 9.59 Å². The van der Waals surface area contributed by atoms with E-state index in [0.29, 0.717) is 5.82 Å². The molecule has 1 heterocycles. The number of rotatable bonds is 6. The molecule has 0 bridgehead atoms. The Bertz CT molecular complexity index is 685. The van der Waals surface area contributed by atoms with Gasteiger partial charge in [-0.05, 0) is 0 Å². The zero-order chi connectivity index (χ0) is 15.9. The van der Waals surface area contributed by atoms with Gasteiger partial charge in [0.2, 0.25) is 0 Å². The predicted molar refractivity (Wildman–Crippen MR) is 80.5 cm³/mol. The molecule has 22 heavy (non-hydrogen) atoms. The lowest BCUT2D eigenvalue weighted by atomic mass is 10.2. The summed E-state index contributed by atoms with van der Waals surface area (Å²) in [7, 11) is 1.45. The molecule has 2 aromatic rings. The molecule has 116 valence electrons.